The van der Waals surface area contributed by atoms with Gasteiger partial charge in [-0.1, -0.05) is 26.0 Å². The molecule has 0 aliphatic rings. The van der Waals surface area contributed by atoms with Crippen LogP contribution in [0.5, 0.6) is 0 Å². The number of nitrogens with one attached hydrogen (secondary N) is 1. The minimum absolute atomic E-state index is 0.0898. The molecule has 2 nitrogen and oxygen atoms in total. The second-order valence-electron chi connectivity index (χ2n) is 4.95. The Bertz CT molecular complexity index is 422. The normalized spacial score (nSPS) is 12.6. The zero-order valence-corrected chi connectivity index (χ0v) is 12.1. The Kier molecular flexibility index (Phi) is 5.20. The molecule has 1 unspecified atom stereocenters. The fourth-order valence-electron chi connectivity index (χ4n) is 1.73. The second-order valence-corrected chi connectivity index (χ2v) is 5.51. The maximum atomic E-state index is 13.4. The fourth-order valence-corrected chi connectivity index (χ4v) is 1.83. The number of carbonyl (C=O) groups is 1. The number of halogens is 1. The topological polar surface area (TPSA) is 29.1 Å². The van der Waals surface area contributed by atoms with Crippen LogP contribution in [0.15, 0.2) is 12.1 Å². The summed E-state index contributed by atoms with van der Waals surface area (Å²) in [6.45, 7) is 7.75. The van der Waals surface area contributed by atoms with Crippen molar-refractivity contribution in [3.63, 3.8) is 0 Å². The van der Waals surface area contributed by atoms with E-state index in [1.165, 1.54) is 0 Å². The molecule has 1 N–H and O–H groups in total. The predicted molar refractivity (Wildman–Crippen MR) is 75.3 cm³/mol. The quantitative estimate of drug-likeness (QED) is 0.808. The van der Waals surface area contributed by atoms with Crippen LogP contribution in [0.1, 0.15) is 30.5 Å². The van der Waals surface area contributed by atoms with Crippen molar-refractivity contribution in [2.45, 2.75) is 39.5 Å². The Labute approximate surface area is 113 Å². The van der Waals surface area contributed by atoms with Crippen molar-refractivity contribution in [3.8, 4) is 0 Å². The fraction of sp³-hybridized carbons (Fsp3) is 0.500. The zero-order valence-electron chi connectivity index (χ0n) is 11.2. The number of aryl methyl sites for hydroxylation is 2. The predicted octanol–water partition coefficient (Wildman–Crippen LogP) is 3.01. The molecule has 0 fully saturated rings. The molecule has 0 aromatic heterocycles. The molecule has 0 radical (unpaired) electrons. The monoisotopic (exact) mass is 269 g/mol. The van der Waals surface area contributed by atoms with Crippen LogP contribution in [0.2, 0.25) is 0 Å². The van der Waals surface area contributed by atoms with Gasteiger partial charge >= 0.3 is 0 Å². The highest BCUT2D eigenvalue weighted by Gasteiger charge is 2.17. The van der Waals surface area contributed by atoms with Gasteiger partial charge in [0.05, 0.1) is 5.25 Å². The molecule has 0 saturated heterocycles. The standard InChI is InChI=1S/C14H20FNOS/c1-8(2)13(18)14(17)16-7-11-5-9(3)12(15)10(4)6-11/h5-6,8,13,18H,7H2,1-4H3,(H,16,17). The molecule has 1 rings (SSSR count). The summed E-state index contributed by atoms with van der Waals surface area (Å²) in [5.74, 6) is -0.0858. The van der Waals surface area contributed by atoms with Crippen molar-refractivity contribution in [1.29, 1.82) is 0 Å². The molecule has 1 amide bonds. The summed E-state index contributed by atoms with van der Waals surface area (Å²) in [6, 6.07) is 3.51. The molecule has 0 aliphatic heterocycles. The summed E-state index contributed by atoms with van der Waals surface area (Å²) in [5, 5.41) is 2.50. The molecule has 0 heterocycles. The zero-order chi connectivity index (χ0) is 13.9. The van der Waals surface area contributed by atoms with Crippen molar-refractivity contribution >= 4 is 18.5 Å². The molecule has 0 saturated carbocycles. The van der Waals surface area contributed by atoms with Gasteiger partial charge in [0.1, 0.15) is 5.82 Å². The van der Waals surface area contributed by atoms with Gasteiger partial charge in [0, 0.05) is 6.54 Å². The van der Waals surface area contributed by atoms with E-state index in [-0.39, 0.29) is 22.9 Å². The van der Waals surface area contributed by atoms with E-state index >= 15 is 0 Å². The van der Waals surface area contributed by atoms with Crippen molar-refractivity contribution in [1.82, 2.24) is 5.32 Å². The average molecular weight is 269 g/mol. The van der Waals surface area contributed by atoms with Crippen molar-refractivity contribution in [2.24, 2.45) is 5.92 Å². The highest BCUT2D eigenvalue weighted by molar-refractivity contribution is 7.81. The number of rotatable bonds is 4. The van der Waals surface area contributed by atoms with Gasteiger partial charge < -0.3 is 5.32 Å². The summed E-state index contributed by atoms with van der Waals surface area (Å²) in [6.07, 6.45) is 0. The number of benzene rings is 1. The van der Waals surface area contributed by atoms with Gasteiger partial charge in [-0.25, -0.2) is 4.39 Å². The number of hydrogen-bond donors (Lipinski definition) is 2. The van der Waals surface area contributed by atoms with E-state index in [0.29, 0.717) is 17.7 Å². The molecule has 1 atom stereocenters. The maximum Gasteiger partial charge on any atom is 0.233 e. The Morgan fingerprint density at radius 3 is 2.28 bits per heavy atom. The van der Waals surface area contributed by atoms with Crippen LogP contribution in [0.25, 0.3) is 0 Å². The summed E-state index contributed by atoms with van der Waals surface area (Å²) in [7, 11) is 0. The van der Waals surface area contributed by atoms with E-state index in [2.05, 4.69) is 17.9 Å². The SMILES string of the molecule is Cc1cc(CNC(=O)C(S)C(C)C)cc(C)c1F. The number of carbonyl (C=O) groups excluding carboxylic acids is 1. The molecule has 0 bridgehead atoms. The molecular formula is C14H20FNOS. The van der Waals surface area contributed by atoms with Gasteiger partial charge in [-0.3, -0.25) is 4.79 Å². The first kappa shape index (κ1) is 15.0. The lowest BCUT2D eigenvalue weighted by molar-refractivity contribution is -0.121. The van der Waals surface area contributed by atoms with Crippen LogP contribution in [0, 0.1) is 25.6 Å². The molecule has 100 valence electrons. The van der Waals surface area contributed by atoms with Gasteiger partial charge in [-0.05, 0) is 36.5 Å². The molecule has 4 heteroatoms. The largest absolute Gasteiger partial charge is 0.351 e. The highest BCUT2D eigenvalue weighted by atomic mass is 32.1. The second kappa shape index (κ2) is 6.23. The Balaban J connectivity index is 2.67. The number of amides is 1. The summed E-state index contributed by atoms with van der Waals surface area (Å²) < 4.78 is 13.4. The lowest BCUT2D eigenvalue weighted by atomic mass is 10.1. The maximum absolute atomic E-state index is 13.4. The van der Waals surface area contributed by atoms with Crippen molar-refractivity contribution < 1.29 is 9.18 Å². The van der Waals surface area contributed by atoms with Crippen LogP contribution >= 0.6 is 12.6 Å². The highest BCUT2D eigenvalue weighted by Crippen LogP contribution is 2.15. The van der Waals surface area contributed by atoms with Gasteiger partial charge in [0.2, 0.25) is 5.91 Å². The van der Waals surface area contributed by atoms with E-state index in [1.807, 2.05) is 13.8 Å². The summed E-state index contributed by atoms with van der Waals surface area (Å²) in [4.78, 5) is 11.7. The van der Waals surface area contributed by atoms with E-state index in [4.69, 9.17) is 0 Å². The summed E-state index contributed by atoms with van der Waals surface area (Å²) >= 11 is 4.25. The third-order valence-electron chi connectivity index (χ3n) is 2.86. The average Bonchev–Trinajstić information content (AvgIpc) is 2.31. The lowest BCUT2D eigenvalue weighted by Gasteiger charge is -2.15. The van der Waals surface area contributed by atoms with Gasteiger partial charge in [-0.15, -0.1) is 0 Å². The minimum Gasteiger partial charge on any atom is -0.351 e. The molecule has 18 heavy (non-hydrogen) atoms. The Morgan fingerprint density at radius 2 is 1.83 bits per heavy atom. The first-order valence-electron chi connectivity index (χ1n) is 6.04. The van der Waals surface area contributed by atoms with Gasteiger partial charge in [0.25, 0.3) is 0 Å². The van der Waals surface area contributed by atoms with E-state index in [1.54, 1.807) is 26.0 Å². The van der Waals surface area contributed by atoms with E-state index < -0.39 is 0 Å². The van der Waals surface area contributed by atoms with Crippen LogP contribution in [0.3, 0.4) is 0 Å². The minimum atomic E-state index is -0.312. The molecular weight excluding hydrogens is 249 g/mol. The first-order chi connectivity index (χ1) is 8.32. The summed E-state index contributed by atoms with van der Waals surface area (Å²) in [5.41, 5.74) is 2.11. The van der Waals surface area contributed by atoms with Crippen LogP contribution in [0.4, 0.5) is 4.39 Å². The Hall–Kier alpha value is -1.03. The van der Waals surface area contributed by atoms with Crippen molar-refractivity contribution in [3.05, 3.63) is 34.6 Å². The molecule has 0 aliphatic carbocycles. The van der Waals surface area contributed by atoms with Gasteiger partial charge in [-0.2, -0.15) is 12.6 Å². The van der Waals surface area contributed by atoms with Crippen LogP contribution in [-0.4, -0.2) is 11.2 Å². The molecule has 1 aromatic carbocycles. The van der Waals surface area contributed by atoms with E-state index in [0.717, 1.165) is 5.56 Å². The number of hydrogen-bond acceptors (Lipinski definition) is 2. The number of thiol groups is 1. The van der Waals surface area contributed by atoms with Gasteiger partial charge in [0.15, 0.2) is 0 Å². The van der Waals surface area contributed by atoms with E-state index in [9.17, 15) is 9.18 Å². The van der Waals surface area contributed by atoms with Crippen LogP contribution < -0.4 is 5.32 Å². The molecule has 0 spiro atoms. The first-order valence-corrected chi connectivity index (χ1v) is 6.56. The smallest absolute Gasteiger partial charge is 0.233 e. The molecule has 1 aromatic rings. The van der Waals surface area contributed by atoms with Crippen LogP contribution in [-0.2, 0) is 11.3 Å². The third kappa shape index (κ3) is 3.73. The third-order valence-corrected chi connectivity index (χ3v) is 3.69. The lowest BCUT2D eigenvalue weighted by Crippen LogP contribution is -2.33. The Morgan fingerprint density at radius 1 is 1.33 bits per heavy atom. The van der Waals surface area contributed by atoms with Crippen molar-refractivity contribution in [2.75, 3.05) is 0 Å².